The monoisotopic (exact) mass is 524 g/mol. The van der Waals surface area contributed by atoms with Crippen LogP contribution in [0.25, 0.3) is 11.3 Å². The number of carboxylic acids is 1. The number of aromatic hydroxyl groups is 1. The number of aryl methyl sites for hydroxylation is 1. The van der Waals surface area contributed by atoms with E-state index in [2.05, 4.69) is 36.4 Å². The van der Waals surface area contributed by atoms with Crippen LogP contribution in [-0.2, 0) is 12.0 Å². The van der Waals surface area contributed by atoms with E-state index in [9.17, 15) is 19.8 Å². The number of hydrogen-bond acceptors (Lipinski definition) is 5. The molecule has 3 aromatic carbocycles. The van der Waals surface area contributed by atoms with Gasteiger partial charge in [-0.15, -0.1) is 0 Å². The van der Waals surface area contributed by atoms with Gasteiger partial charge in [0.25, 0.3) is 5.91 Å². The molecule has 0 spiro atoms. The first-order chi connectivity index (χ1) is 18.5. The second-order valence-electron chi connectivity index (χ2n) is 10.5. The van der Waals surface area contributed by atoms with Crippen LogP contribution in [0.2, 0.25) is 0 Å². The van der Waals surface area contributed by atoms with E-state index in [0.29, 0.717) is 23.5 Å². The average molecular weight is 525 g/mol. The van der Waals surface area contributed by atoms with Gasteiger partial charge >= 0.3 is 5.97 Å². The van der Waals surface area contributed by atoms with Gasteiger partial charge in [-0.25, -0.2) is 10.2 Å². The van der Waals surface area contributed by atoms with Crippen LogP contribution < -0.4 is 5.43 Å². The molecule has 1 aromatic heterocycles. The predicted molar refractivity (Wildman–Crippen MR) is 151 cm³/mol. The van der Waals surface area contributed by atoms with Gasteiger partial charge in [0.05, 0.1) is 17.8 Å². The van der Waals surface area contributed by atoms with Gasteiger partial charge in [-0.3, -0.25) is 9.48 Å². The zero-order chi connectivity index (χ0) is 28.3. The largest absolute Gasteiger partial charge is 0.504 e. The molecule has 0 unspecified atom stereocenters. The Morgan fingerprint density at radius 1 is 1.00 bits per heavy atom. The maximum Gasteiger partial charge on any atom is 0.335 e. The maximum absolute atomic E-state index is 12.7. The normalized spacial score (nSPS) is 11.9. The zero-order valence-electron chi connectivity index (χ0n) is 22.7. The smallest absolute Gasteiger partial charge is 0.335 e. The van der Waals surface area contributed by atoms with Gasteiger partial charge in [-0.2, -0.15) is 10.2 Å². The lowest BCUT2D eigenvalue weighted by Gasteiger charge is -2.19. The molecule has 0 fully saturated rings. The Balaban J connectivity index is 1.67. The number of amides is 1. The summed E-state index contributed by atoms with van der Waals surface area (Å²) in [5, 5.41) is 29.4. The molecule has 0 saturated heterocycles. The summed E-state index contributed by atoms with van der Waals surface area (Å²) in [6, 6.07) is 22.2. The van der Waals surface area contributed by atoms with Crippen LogP contribution in [0, 0.1) is 6.92 Å². The number of aromatic carboxylic acids is 1. The summed E-state index contributed by atoms with van der Waals surface area (Å²) < 4.78 is 1.74. The lowest BCUT2D eigenvalue weighted by atomic mass is 9.86. The first-order valence-electron chi connectivity index (χ1n) is 12.6. The Labute approximate surface area is 227 Å². The van der Waals surface area contributed by atoms with Gasteiger partial charge in [-0.05, 0) is 54.2 Å². The van der Waals surface area contributed by atoms with Gasteiger partial charge in [0.15, 0.2) is 11.4 Å². The van der Waals surface area contributed by atoms with Gasteiger partial charge in [-0.1, -0.05) is 75.4 Å². The van der Waals surface area contributed by atoms with Crippen molar-refractivity contribution in [3.63, 3.8) is 0 Å². The molecule has 1 amide bonds. The van der Waals surface area contributed by atoms with Gasteiger partial charge in [0, 0.05) is 11.1 Å². The maximum atomic E-state index is 12.7. The molecule has 0 aliphatic rings. The summed E-state index contributed by atoms with van der Waals surface area (Å²) in [6.45, 7) is 10.1. The Hall–Kier alpha value is -4.72. The van der Waals surface area contributed by atoms with Crippen molar-refractivity contribution in [2.24, 2.45) is 5.10 Å². The summed E-state index contributed by atoms with van der Waals surface area (Å²) in [5.41, 5.74) is 7.45. The quantitative estimate of drug-likeness (QED) is 0.210. The molecule has 4 aromatic rings. The molecule has 8 heteroatoms. The van der Waals surface area contributed by atoms with Crippen molar-refractivity contribution in [2.75, 3.05) is 0 Å². The number of carbonyl (C=O) groups is 2. The van der Waals surface area contributed by atoms with Crippen molar-refractivity contribution < 1.29 is 19.8 Å². The molecule has 39 heavy (non-hydrogen) atoms. The lowest BCUT2D eigenvalue weighted by Crippen LogP contribution is -2.20. The molecular formula is C31H32N4O4. The number of nitrogens with one attached hydrogen (secondary N) is 1. The fourth-order valence-corrected chi connectivity index (χ4v) is 4.28. The summed E-state index contributed by atoms with van der Waals surface area (Å²) in [5.74, 6) is -1.60. The summed E-state index contributed by atoms with van der Waals surface area (Å²) in [4.78, 5) is 24.0. The molecule has 3 N–H and O–H groups in total. The molecule has 0 radical (unpaired) electrons. The molecular weight excluding hydrogens is 492 g/mol. The van der Waals surface area contributed by atoms with E-state index in [-0.39, 0.29) is 28.0 Å². The third-order valence-corrected chi connectivity index (χ3v) is 6.51. The van der Waals surface area contributed by atoms with Crippen molar-refractivity contribution in [3.8, 4) is 17.0 Å². The molecule has 0 atom stereocenters. The van der Waals surface area contributed by atoms with E-state index < -0.39 is 11.9 Å². The van der Waals surface area contributed by atoms with Crippen LogP contribution in [0.3, 0.4) is 0 Å². The van der Waals surface area contributed by atoms with Crippen LogP contribution in [0.15, 0.2) is 77.9 Å². The van der Waals surface area contributed by atoms with Crippen molar-refractivity contribution in [3.05, 3.63) is 106 Å². The van der Waals surface area contributed by atoms with Crippen molar-refractivity contribution >= 4 is 17.6 Å². The second-order valence-corrected chi connectivity index (χ2v) is 10.5. The SMILES string of the molecule is CC(=NNC(=O)c1ccc(C(=O)O)c(C)c1)c1nn(Cc2ccccc2)c(-c2ccc(C(C)(C)C)cc2)c1O. The van der Waals surface area contributed by atoms with Crippen LogP contribution in [0.5, 0.6) is 5.75 Å². The minimum Gasteiger partial charge on any atom is -0.504 e. The Kier molecular flexibility index (Phi) is 7.67. The fraction of sp³-hybridized carbons (Fsp3) is 0.226. The number of nitrogens with zero attached hydrogens (tertiary/aromatic N) is 3. The zero-order valence-corrected chi connectivity index (χ0v) is 22.7. The van der Waals surface area contributed by atoms with E-state index in [1.54, 1.807) is 18.5 Å². The highest BCUT2D eigenvalue weighted by Gasteiger charge is 2.22. The van der Waals surface area contributed by atoms with Crippen LogP contribution in [0.4, 0.5) is 0 Å². The first-order valence-corrected chi connectivity index (χ1v) is 12.6. The fourth-order valence-electron chi connectivity index (χ4n) is 4.28. The third kappa shape index (κ3) is 6.06. The molecule has 4 rings (SSSR count). The lowest BCUT2D eigenvalue weighted by molar-refractivity contribution is 0.0695. The number of carbonyl (C=O) groups excluding carboxylic acids is 1. The molecule has 0 aliphatic heterocycles. The van der Waals surface area contributed by atoms with Crippen molar-refractivity contribution in [1.29, 1.82) is 0 Å². The van der Waals surface area contributed by atoms with E-state index in [0.717, 1.165) is 11.1 Å². The Morgan fingerprint density at radius 2 is 1.67 bits per heavy atom. The van der Waals surface area contributed by atoms with Crippen LogP contribution in [-0.4, -0.2) is 37.6 Å². The van der Waals surface area contributed by atoms with E-state index in [1.807, 2.05) is 54.6 Å². The molecule has 0 bridgehead atoms. The standard InChI is InChI=1S/C31H32N4O4/c1-19-17-23(13-16-25(19)30(38)39)29(37)33-32-20(2)26-28(36)27(22-11-14-24(15-12-22)31(3,4)5)35(34-26)18-21-9-7-6-8-10-21/h6-17,36H,18H2,1-5H3,(H,33,37)(H,38,39). The summed E-state index contributed by atoms with van der Waals surface area (Å²) in [7, 11) is 0. The number of hydrazone groups is 1. The Bertz CT molecular complexity index is 1550. The van der Waals surface area contributed by atoms with E-state index in [4.69, 9.17) is 0 Å². The molecule has 8 nitrogen and oxygen atoms in total. The molecule has 0 saturated carbocycles. The number of hydrogen-bond donors (Lipinski definition) is 3. The van der Waals surface area contributed by atoms with Crippen molar-refractivity contribution in [1.82, 2.24) is 15.2 Å². The number of aromatic nitrogens is 2. The molecule has 0 aliphatic carbocycles. The third-order valence-electron chi connectivity index (χ3n) is 6.51. The molecule has 200 valence electrons. The highest BCUT2D eigenvalue weighted by Crippen LogP contribution is 2.35. The number of rotatable bonds is 7. The van der Waals surface area contributed by atoms with Gasteiger partial charge in [0.1, 0.15) is 5.69 Å². The highest BCUT2D eigenvalue weighted by atomic mass is 16.4. The average Bonchev–Trinajstić information content (AvgIpc) is 3.22. The summed E-state index contributed by atoms with van der Waals surface area (Å²) >= 11 is 0. The van der Waals surface area contributed by atoms with Crippen molar-refractivity contribution in [2.45, 2.75) is 46.6 Å². The number of carboxylic acid groups (broad SMARTS) is 1. The second kappa shape index (κ2) is 10.9. The Morgan fingerprint density at radius 3 is 2.26 bits per heavy atom. The van der Waals surface area contributed by atoms with Crippen LogP contribution in [0.1, 0.15) is 70.8 Å². The highest BCUT2D eigenvalue weighted by molar-refractivity contribution is 6.03. The first kappa shape index (κ1) is 27.3. The minimum absolute atomic E-state index is 0.00996. The predicted octanol–water partition coefficient (Wildman–Crippen LogP) is 5.76. The topological polar surface area (TPSA) is 117 Å². The van der Waals surface area contributed by atoms with Gasteiger partial charge < -0.3 is 10.2 Å². The van der Waals surface area contributed by atoms with E-state index >= 15 is 0 Å². The van der Waals surface area contributed by atoms with Crippen LogP contribution >= 0.6 is 0 Å². The minimum atomic E-state index is -1.06. The summed E-state index contributed by atoms with van der Waals surface area (Å²) in [6.07, 6.45) is 0. The number of benzene rings is 3. The van der Waals surface area contributed by atoms with E-state index in [1.165, 1.54) is 23.8 Å². The molecule has 1 heterocycles. The van der Waals surface area contributed by atoms with Gasteiger partial charge in [0.2, 0.25) is 0 Å².